The van der Waals surface area contributed by atoms with E-state index >= 15 is 0 Å². The first-order valence-electron chi connectivity index (χ1n) is 25.8. The molecule has 0 amide bonds. The Hall–Kier alpha value is -7.62. The lowest BCUT2D eigenvalue weighted by molar-refractivity contribution is 0.590. The van der Waals surface area contributed by atoms with Gasteiger partial charge in [-0.25, -0.2) is 0 Å². The number of hydrogen-bond acceptors (Lipinski definition) is 3. The van der Waals surface area contributed by atoms with Crippen molar-refractivity contribution in [1.29, 1.82) is 0 Å². The molecule has 0 unspecified atom stereocenters. The van der Waals surface area contributed by atoms with Gasteiger partial charge in [0.15, 0.2) is 0 Å². The van der Waals surface area contributed by atoms with Crippen LogP contribution in [0.25, 0.3) is 88.4 Å². The molecule has 9 aromatic carbocycles. The van der Waals surface area contributed by atoms with E-state index in [2.05, 4.69) is 239 Å². The van der Waals surface area contributed by atoms with E-state index in [1.807, 2.05) is 0 Å². The minimum absolute atomic E-state index is 0.0637. The first-order valence-corrected chi connectivity index (χ1v) is 25.8. The molecule has 3 heteroatoms. The molecule has 2 heterocycles. The van der Waals surface area contributed by atoms with Crippen LogP contribution in [0, 0.1) is 13.8 Å². The predicted molar refractivity (Wildman–Crippen MR) is 302 cm³/mol. The average Bonchev–Trinajstić information content (AvgIpc) is 4.10. The number of anilines is 3. The van der Waals surface area contributed by atoms with Crippen LogP contribution in [0.4, 0.5) is 17.1 Å². The maximum Gasteiger partial charge on any atom is 0.143 e. The molecule has 352 valence electrons. The molecule has 14 rings (SSSR count). The zero-order valence-electron chi connectivity index (χ0n) is 43.3. The number of hydrogen-bond donors (Lipinski definition) is 0. The summed E-state index contributed by atoms with van der Waals surface area (Å²) in [4.78, 5) is 2.54. The Morgan fingerprint density at radius 3 is 1.61 bits per heavy atom. The Kier molecular flexibility index (Phi) is 8.57. The lowest BCUT2D eigenvalue weighted by Gasteiger charge is -2.31. The first-order chi connectivity index (χ1) is 34.4. The van der Waals surface area contributed by atoms with Gasteiger partial charge in [-0.1, -0.05) is 159 Å². The lowest BCUT2D eigenvalue weighted by Crippen LogP contribution is -2.19. The molecule has 0 spiro atoms. The summed E-state index contributed by atoms with van der Waals surface area (Å²) in [5.74, 6) is 0. The highest BCUT2D eigenvalue weighted by atomic mass is 16.3. The standard InChI is InChI=1S/C69H59NO2/c1-38-17-16-18-39(2)64(38)70(42-27-29-44-49-36-55-50(37-54(49)68(8,9)52(44)33-42)61-51(67(55,6)7)31-32-59-62(61)46-19-12-14-21-57(46)71-59)43-28-30-45-53(34-43)69(10,11)56-35-48(40-23-25-41(26-24-40)66(3,4)5)65-63(60(45)56)47-20-13-15-22-58(47)72-65/h12-37H,1-11H3. The number of nitrogens with zero attached hydrogens (tertiary/aromatic N) is 1. The monoisotopic (exact) mass is 933 g/mol. The van der Waals surface area contributed by atoms with Crippen molar-refractivity contribution in [2.75, 3.05) is 4.90 Å². The van der Waals surface area contributed by atoms with Crippen molar-refractivity contribution in [2.24, 2.45) is 0 Å². The number of furan rings is 2. The van der Waals surface area contributed by atoms with Crippen LogP contribution >= 0.6 is 0 Å². The van der Waals surface area contributed by atoms with Crippen molar-refractivity contribution in [3.63, 3.8) is 0 Å². The SMILES string of the molecule is Cc1cccc(C)c1N(c1ccc2c(c1)C(C)(C)c1cc3c(cc1-2)C(C)(C)c1ccc2oc4ccccc4c2c1-3)c1ccc2c(c1)C(C)(C)c1cc(-c3ccc(C(C)(C)C)cc3)c3oc4ccccc4c3c1-2. The van der Waals surface area contributed by atoms with Gasteiger partial charge in [-0.15, -0.1) is 0 Å². The van der Waals surface area contributed by atoms with Crippen molar-refractivity contribution in [3.8, 4) is 44.5 Å². The molecule has 0 bridgehead atoms. The van der Waals surface area contributed by atoms with Crippen molar-refractivity contribution < 1.29 is 8.83 Å². The molecule has 11 aromatic rings. The van der Waals surface area contributed by atoms with E-state index in [-0.39, 0.29) is 21.7 Å². The summed E-state index contributed by atoms with van der Waals surface area (Å²) >= 11 is 0. The number of aryl methyl sites for hydroxylation is 2. The summed E-state index contributed by atoms with van der Waals surface area (Å²) in [6.45, 7) is 25.8. The predicted octanol–water partition coefficient (Wildman–Crippen LogP) is 19.5. The van der Waals surface area contributed by atoms with Crippen LogP contribution in [0.5, 0.6) is 0 Å². The molecule has 0 saturated heterocycles. The van der Waals surface area contributed by atoms with Gasteiger partial charge >= 0.3 is 0 Å². The molecule has 3 aliphatic rings. The summed E-state index contributed by atoms with van der Waals surface area (Å²) in [5, 5.41) is 4.76. The lowest BCUT2D eigenvalue weighted by atomic mass is 9.79. The molecular weight excluding hydrogens is 875 g/mol. The minimum atomic E-state index is -0.303. The van der Waals surface area contributed by atoms with Crippen LogP contribution in [0.1, 0.15) is 112 Å². The zero-order chi connectivity index (χ0) is 49.5. The van der Waals surface area contributed by atoms with E-state index in [0.717, 1.165) is 44.7 Å². The molecule has 3 nitrogen and oxygen atoms in total. The number of benzene rings is 9. The third-order valence-electron chi connectivity index (χ3n) is 17.5. The molecule has 0 N–H and O–H groups in total. The fourth-order valence-corrected chi connectivity index (χ4v) is 13.5. The second-order valence-electron chi connectivity index (χ2n) is 23.8. The fraction of sp³-hybridized carbons (Fsp3) is 0.217. The van der Waals surface area contributed by atoms with E-state index in [0.29, 0.717) is 0 Å². The van der Waals surface area contributed by atoms with Crippen molar-refractivity contribution in [1.82, 2.24) is 0 Å². The molecule has 0 fully saturated rings. The summed E-state index contributed by atoms with van der Waals surface area (Å²) < 4.78 is 13.4. The van der Waals surface area contributed by atoms with Gasteiger partial charge in [0, 0.05) is 54.7 Å². The molecule has 0 radical (unpaired) electrons. The van der Waals surface area contributed by atoms with E-state index in [9.17, 15) is 0 Å². The number of para-hydroxylation sites is 3. The van der Waals surface area contributed by atoms with E-state index in [1.54, 1.807) is 0 Å². The van der Waals surface area contributed by atoms with Gasteiger partial charge in [-0.3, -0.25) is 0 Å². The largest absolute Gasteiger partial charge is 0.456 e. The van der Waals surface area contributed by atoms with Crippen LogP contribution < -0.4 is 4.90 Å². The maximum absolute atomic E-state index is 6.89. The number of fused-ring (bicyclic) bond motifs is 17. The maximum atomic E-state index is 6.89. The summed E-state index contributed by atoms with van der Waals surface area (Å²) in [7, 11) is 0. The van der Waals surface area contributed by atoms with Crippen LogP contribution in [0.3, 0.4) is 0 Å². The Bertz CT molecular complexity index is 4160. The molecule has 72 heavy (non-hydrogen) atoms. The van der Waals surface area contributed by atoms with Crippen LogP contribution in [0.2, 0.25) is 0 Å². The zero-order valence-corrected chi connectivity index (χ0v) is 43.3. The second-order valence-corrected chi connectivity index (χ2v) is 23.8. The topological polar surface area (TPSA) is 29.5 Å². The Balaban J connectivity index is 0.931. The van der Waals surface area contributed by atoms with Gasteiger partial charge in [0.25, 0.3) is 0 Å². The fourth-order valence-electron chi connectivity index (χ4n) is 13.5. The molecule has 0 atom stereocenters. The van der Waals surface area contributed by atoms with Gasteiger partial charge in [-0.2, -0.15) is 0 Å². The van der Waals surface area contributed by atoms with E-state index in [1.165, 1.54) is 111 Å². The smallest absolute Gasteiger partial charge is 0.143 e. The highest BCUT2D eigenvalue weighted by molar-refractivity contribution is 6.19. The van der Waals surface area contributed by atoms with Crippen molar-refractivity contribution >= 4 is 60.9 Å². The molecule has 0 saturated carbocycles. The first kappa shape index (κ1) is 43.2. The van der Waals surface area contributed by atoms with Gasteiger partial charge in [0.2, 0.25) is 0 Å². The summed E-state index contributed by atoms with van der Waals surface area (Å²) in [6, 6.07) is 59.4. The van der Waals surface area contributed by atoms with Crippen LogP contribution in [0.15, 0.2) is 167 Å². The average molecular weight is 934 g/mol. The van der Waals surface area contributed by atoms with Gasteiger partial charge in [0.1, 0.15) is 22.3 Å². The minimum Gasteiger partial charge on any atom is -0.456 e. The summed E-state index contributed by atoms with van der Waals surface area (Å²) in [6.07, 6.45) is 0. The molecule has 3 aliphatic carbocycles. The van der Waals surface area contributed by atoms with E-state index < -0.39 is 0 Å². The van der Waals surface area contributed by atoms with Gasteiger partial charge in [-0.05, 0) is 169 Å². The number of rotatable bonds is 4. The Morgan fingerprint density at radius 1 is 0.403 bits per heavy atom. The highest BCUT2D eigenvalue weighted by Gasteiger charge is 2.44. The van der Waals surface area contributed by atoms with E-state index in [4.69, 9.17) is 8.83 Å². The van der Waals surface area contributed by atoms with Gasteiger partial charge in [0.05, 0.1) is 5.69 Å². The van der Waals surface area contributed by atoms with Crippen molar-refractivity contribution in [3.05, 3.63) is 208 Å². The summed E-state index contributed by atoms with van der Waals surface area (Å²) in [5.41, 5.74) is 28.7. The Labute approximate surface area is 422 Å². The third-order valence-corrected chi connectivity index (χ3v) is 17.5. The Morgan fingerprint density at radius 2 is 0.931 bits per heavy atom. The van der Waals surface area contributed by atoms with Crippen LogP contribution in [-0.2, 0) is 21.7 Å². The second kappa shape index (κ2) is 14.3. The van der Waals surface area contributed by atoms with Crippen molar-refractivity contribution in [2.45, 2.75) is 97.8 Å². The molecule has 2 aromatic heterocycles. The normalized spacial score (nSPS) is 15.5. The van der Waals surface area contributed by atoms with Crippen LogP contribution in [-0.4, -0.2) is 0 Å². The molecular formula is C69H59NO2. The quantitative estimate of drug-likeness (QED) is 0.176. The molecule has 0 aliphatic heterocycles. The third kappa shape index (κ3) is 5.68. The van der Waals surface area contributed by atoms with Gasteiger partial charge < -0.3 is 13.7 Å². The highest BCUT2D eigenvalue weighted by Crippen LogP contribution is 2.60.